The first-order chi connectivity index (χ1) is 9.43. The Labute approximate surface area is 138 Å². The van der Waals surface area contributed by atoms with Gasteiger partial charge in [0.1, 0.15) is 5.75 Å². The summed E-state index contributed by atoms with van der Waals surface area (Å²) in [6.45, 7) is 8.81. The Hall–Kier alpha value is -0.260. The predicted octanol–water partition coefficient (Wildman–Crippen LogP) is 4.04. The Morgan fingerprint density at radius 1 is 1.30 bits per heavy atom. The molecule has 0 aliphatic carbocycles. The highest BCUT2D eigenvalue weighted by Gasteiger charge is 2.28. The largest absolute Gasteiger partial charge is 0.495 e. The van der Waals surface area contributed by atoms with Gasteiger partial charge < -0.3 is 15.0 Å². The molecule has 1 N–H and O–H groups in total. The SMILES string of the molecule is COc1cc(N2CC(C(C)C)NCC2C)c(Br)cc1Br. The van der Waals surface area contributed by atoms with Gasteiger partial charge in [-0.3, -0.25) is 0 Å². The maximum absolute atomic E-state index is 5.43. The maximum Gasteiger partial charge on any atom is 0.135 e. The van der Waals surface area contributed by atoms with Gasteiger partial charge in [0, 0.05) is 35.7 Å². The molecular formula is C15H22Br2N2O. The molecule has 2 atom stereocenters. The first kappa shape index (κ1) is 16.1. The summed E-state index contributed by atoms with van der Waals surface area (Å²) >= 11 is 7.21. The van der Waals surface area contributed by atoms with Gasteiger partial charge in [0.2, 0.25) is 0 Å². The van der Waals surface area contributed by atoms with Crippen molar-refractivity contribution < 1.29 is 4.74 Å². The molecule has 1 aliphatic rings. The number of halogens is 2. The van der Waals surface area contributed by atoms with Gasteiger partial charge in [0.25, 0.3) is 0 Å². The van der Waals surface area contributed by atoms with Crippen molar-refractivity contribution in [2.24, 2.45) is 5.92 Å². The molecule has 2 unspecified atom stereocenters. The predicted molar refractivity (Wildman–Crippen MR) is 91.8 cm³/mol. The van der Waals surface area contributed by atoms with Crippen LogP contribution in [0.25, 0.3) is 0 Å². The summed E-state index contributed by atoms with van der Waals surface area (Å²) < 4.78 is 7.50. The topological polar surface area (TPSA) is 24.5 Å². The Bertz CT molecular complexity index is 479. The van der Waals surface area contributed by atoms with Crippen molar-refractivity contribution in [2.45, 2.75) is 32.9 Å². The quantitative estimate of drug-likeness (QED) is 0.820. The van der Waals surface area contributed by atoms with Crippen LogP contribution in [0.15, 0.2) is 21.1 Å². The lowest BCUT2D eigenvalue weighted by atomic mass is 9.99. The second-order valence-electron chi connectivity index (χ2n) is 5.70. The summed E-state index contributed by atoms with van der Waals surface area (Å²) in [5.41, 5.74) is 1.20. The van der Waals surface area contributed by atoms with E-state index < -0.39 is 0 Å². The fraction of sp³-hybridized carbons (Fsp3) is 0.600. The van der Waals surface area contributed by atoms with Crippen LogP contribution in [0.5, 0.6) is 5.75 Å². The summed E-state index contributed by atoms with van der Waals surface area (Å²) in [6, 6.07) is 5.15. The molecule has 0 amide bonds. The second kappa shape index (κ2) is 6.67. The second-order valence-corrected chi connectivity index (χ2v) is 7.41. The molecule has 0 bridgehead atoms. The molecule has 0 aromatic heterocycles. The first-order valence-corrected chi connectivity index (χ1v) is 8.55. The van der Waals surface area contributed by atoms with Crippen molar-refractivity contribution >= 4 is 37.5 Å². The molecule has 1 heterocycles. The molecule has 5 heteroatoms. The maximum atomic E-state index is 5.43. The molecular weight excluding hydrogens is 384 g/mol. The average molecular weight is 406 g/mol. The molecule has 1 aromatic carbocycles. The molecule has 0 saturated carbocycles. The summed E-state index contributed by atoms with van der Waals surface area (Å²) in [5.74, 6) is 1.50. The van der Waals surface area contributed by atoms with Gasteiger partial charge in [-0.1, -0.05) is 13.8 Å². The Balaban J connectivity index is 2.33. The highest BCUT2D eigenvalue weighted by Crippen LogP contribution is 2.38. The Morgan fingerprint density at radius 2 is 2.00 bits per heavy atom. The lowest BCUT2D eigenvalue weighted by molar-refractivity contribution is 0.336. The number of hydrogen-bond donors (Lipinski definition) is 1. The Morgan fingerprint density at radius 3 is 2.60 bits per heavy atom. The smallest absolute Gasteiger partial charge is 0.135 e. The van der Waals surface area contributed by atoms with Gasteiger partial charge in [-0.2, -0.15) is 0 Å². The van der Waals surface area contributed by atoms with E-state index in [1.165, 1.54) is 5.69 Å². The number of rotatable bonds is 3. The molecule has 0 radical (unpaired) electrons. The fourth-order valence-electron chi connectivity index (χ4n) is 2.57. The number of nitrogens with one attached hydrogen (secondary N) is 1. The number of hydrogen-bond acceptors (Lipinski definition) is 3. The van der Waals surface area contributed by atoms with Crippen LogP contribution in [-0.4, -0.2) is 32.3 Å². The van der Waals surface area contributed by atoms with Crippen LogP contribution in [0.1, 0.15) is 20.8 Å². The van der Waals surface area contributed by atoms with E-state index >= 15 is 0 Å². The third-order valence-electron chi connectivity index (χ3n) is 3.94. The number of ether oxygens (including phenoxy) is 1. The summed E-state index contributed by atoms with van der Waals surface area (Å²) in [5, 5.41) is 3.63. The number of benzene rings is 1. The minimum atomic E-state index is 0.465. The van der Waals surface area contributed by atoms with Gasteiger partial charge in [0.15, 0.2) is 0 Å². The minimum absolute atomic E-state index is 0.465. The third kappa shape index (κ3) is 3.31. The van der Waals surface area contributed by atoms with Gasteiger partial charge in [-0.25, -0.2) is 0 Å². The number of methoxy groups -OCH3 is 1. The zero-order chi connectivity index (χ0) is 14.9. The highest BCUT2D eigenvalue weighted by atomic mass is 79.9. The molecule has 1 fully saturated rings. The van der Waals surface area contributed by atoms with Crippen molar-refractivity contribution in [2.75, 3.05) is 25.1 Å². The van der Waals surface area contributed by atoms with Crippen LogP contribution < -0.4 is 15.0 Å². The van der Waals surface area contributed by atoms with Crippen molar-refractivity contribution in [1.29, 1.82) is 0 Å². The van der Waals surface area contributed by atoms with Gasteiger partial charge in [-0.05, 0) is 50.8 Å². The lowest BCUT2D eigenvalue weighted by Gasteiger charge is -2.42. The van der Waals surface area contributed by atoms with E-state index in [-0.39, 0.29) is 0 Å². The van der Waals surface area contributed by atoms with Crippen LogP contribution >= 0.6 is 31.9 Å². The van der Waals surface area contributed by atoms with Crippen LogP contribution in [0, 0.1) is 5.92 Å². The zero-order valence-corrected chi connectivity index (χ0v) is 15.6. The van der Waals surface area contributed by atoms with Crippen LogP contribution in [-0.2, 0) is 0 Å². The van der Waals surface area contributed by atoms with E-state index in [0.29, 0.717) is 18.0 Å². The minimum Gasteiger partial charge on any atom is -0.495 e. The molecule has 0 spiro atoms. The number of piperazine rings is 1. The highest BCUT2D eigenvalue weighted by molar-refractivity contribution is 9.11. The summed E-state index contributed by atoms with van der Waals surface area (Å²) in [7, 11) is 1.70. The Kier molecular flexibility index (Phi) is 5.37. The van der Waals surface area contributed by atoms with Gasteiger partial charge in [0.05, 0.1) is 17.3 Å². The number of nitrogens with zero attached hydrogens (tertiary/aromatic N) is 1. The van der Waals surface area contributed by atoms with Crippen molar-refractivity contribution in [3.05, 3.63) is 21.1 Å². The normalized spacial score (nSPS) is 23.2. The van der Waals surface area contributed by atoms with E-state index in [1.807, 2.05) is 0 Å². The van der Waals surface area contributed by atoms with E-state index in [4.69, 9.17) is 4.74 Å². The molecule has 20 heavy (non-hydrogen) atoms. The van der Waals surface area contributed by atoms with E-state index in [1.54, 1.807) is 7.11 Å². The molecule has 3 nitrogen and oxygen atoms in total. The average Bonchev–Trinajstić information content (AvgIpc) is 2.40. The molecule has 112 valence electrons. The molecule has 2 rings (SSSR count). The number of anilines is 1. The standard InChI is InChI=1S/C15H22Br2N2O/c1-9(2)13-8-19(10(3)7-18-13)14-6-15(20-4)12(17)5-11(14)16/h5-6,9-10,13,18H,7-8H2,1-4H3. The van der Waals surface area contributed by atoms with Gasteiger partial charge >= 0.3 is 0 Å². The lowest BCUT2D eigenvalue weighted by Crippen LogP contribution is -2.57. The van der Waals surface area contributed by atoms with Crippen LogP contribution in [0.4, 0.5) is 5.69 Å². The summed E-state index contributed by atoms with van der Waals surface area (Å²) in [4.78, 5) is 2.46. The van der Waals surface area contributed by atoms with E-state index in [9.17, 15) is 0 Å². The van der Waals surface area contributed by atoms with Gasteiger partial charge in [-0.15, -0.1) is 0 Å². The van der Waals surface area contributed by atoms with Crippen LogP contribution in [0.3, 0.4) is 0 Å². The fourth-order valence-corrected chi connectivity index (χ4v) is 3.95. The third-order valence-corrected chi connectivity index (χ3v) is 5.19. The summed E-state index contributed by atoms with van der Waals surface area (Å²) in [6.07, 6.45) is 0. The van der Waals surface area contributed by atoms with Crippen LogP contribution in [0.2, 0.25) is 0 Å². The van der Waals surface area contributed by atoms with Crippen molar-refractivity contribution in [3.63, 3.8) is 0 Å². The van der Waals surface area contributed by atoms with Crippen molar-refractivity contribution in [1.82, 2.24) is 5.32 Å². The first-order valence-electron chi connectivity index (χ1n) is 6.97. The zero-order valence-electron chi connectivity index (χ0n) is 12.4. The van der Waals surface area contributed by atoms with Crippen molar-refractivity contribution in [3.8, 4) is 5.75 Å². The van der Waals surface area contributed by atoms with E-state index in [0.717, 1.165) is 27.8 Å². The van der Waals surface area contributed by atoms with E-state index in [2.05, 4.69) is 75.0 Å². The molecule has 1 aliphatic heterocycles. The molecule has 1 aromatic rings. The monoisotopic (exact) mass is 404 g/mol. The molecule has 1 saturated heterocycles.